The van der Waals surface area contributed by atoms with Gasteiger partial charge in [0.05, 0.1) is 11.1 Å². The number of fused-ring (bicyclic) bond motifs is 1. The minimum atomic E-state index is -0.508. The average Bonchev–Trinajstić information content (AvgIpc) is 3.32. The van der Waals surface area contributed by atoms with Crippen molar-refractivity contribution in [3.05, 3.63) is 84.1 Å². The Balaban J connectivity index is 1.43. The number of ether oxygens (including phenoxy) is 1. The first kappa shape index (κ1) is 24.6. The van der Waals surface area contributed by atoms with E-state index in [1.807, 2.05) is 51.2 Å². The maximum absolute atomic E-state index is 12.5. The summed E-state index contributed by atoms with van der Waals surface area (Å²) < 4.78 is 5.55. The van der Waals surface area contributed by atoms with Crippen LogP contribution in [0.25, 0.3) is 33.2 Å². The first-order valence-electron chi connectivity index (χ1n) is 12.8. The van der Waals surface area contributed by atoms with Crippen LogP contribution >= 0.6 is 0 Å². The standard InChI is InChI=1S/C31H33N3O3/c1-31(2,3)37-30(36)34-15-13-23(14-16-34)27-19-33-28-25(27)17-24(18-26(28)29(32)35)22-11-9-21(10-12-22)20-7-5-4-6-8-20/h4-12,17-19,23,33H,13-16H2,1-3H3,(H2,32,35). The Morgan fingerprint density at radius 3 is 2.08 bits per heavy atom. The van der Waals surface area contributed by atoms with Crippen LogP contribution in [0, 0.1) is 0 Å². The van der Waals surface area contributed by atoms with Gasteiger partial charge in [-0.3, -0.25) is 4.79 Å². The zero-order chi connectivity index (χ0) is 26.2. The molecule has 6 nitrogen and oxygen atoms in total. The van der Waals surface area contributed by atoms with Crippen LogP contribution in [0.4, 0.5) is 4.79 Å². The Bertz CT molecular complexity index is 1420. The van der Waals surface area contributed by atoms with Crippen LogP contribution < -0.4 is 5.73 Å². The third-order valence-electron chi connectivity index (χ3n) is 7.00. The van der Waals surface area contributed by atoms with Crippen molar-refractivity contribution in [1.82, 2.24) is 9.88 Å². The van der Waals surface area contributed by atoms with E-state index in [0.29, 0.717) is 18.7 Å². The van der Waals surface area contributed by atoms with Gasteiger partial charge < -0.3 is 20.4 Å². The van der Waals surface area contributed by atoms with Gasteiger partial charge >= 0.3 is 6.09 Å². The van der Waals surface area contributed by atoms with Gasteiger partial charge in [-0.05, 0) is 79.5 Å². The number of likely N-dealkylation sites (tertiary alicyclic amines) is 1. The number of hydrogen-bond donors (Lipinski definition) is 2. The van der Waals surface area contributed by atoms with Crippen molar-refractivity contribution in [2.45, 2.75) is 45.1 Å². The second kappa shape index (κ2) is 9.77. The van der Waals surface area contributed by atoms with Crippen molar-refractivity contribution in [3.8, 4) is 22.3 Å². The molecule has 0 unspecified atom stereocenters. The van der Waals surface area contributed by atoms with E-state index in [1.54, 1.807) is 4.90 Å². The summed E-state index contributed by atoms with van der Waals surface area (Å²) in [7, 11) is 0. The Morgan fingerprint density at radius 2 is 1.49 bits per heavy atom. The normalized spacial score (nSPS) is 14.6. The van der Waals surface area contributed by atoms with Gasteiger partial charge in [-0.2, -0.15) is 0 Å². The first-order valence-corrected chi connectivity index (χ1v) is 12.8. The quantitative estimate of drug-likeness (QED) is 0.330. The smallest absolute Gasteiger partial charge is 0.410 e. The molecule has 1 aliphatic heterocycles. The maximum atomic E-state index is 12.5. The van der Waals surface area contributed by atoms with Crippen molar-refractivity contribution >= 4 is 22.9 Å². The lowest BCUT2D eigenvalue weighted by Crippen LogP contribution is -2.41. The number of H-pyrrole nitrogens is 1. The molecule has 37 heavy (non-hydrogen) atoms. The van der Waals surface area contributed by atoms with Crippen LogP contribution in [0.2, 0.25) is 0 Å². The van der Waals surface area contributed by atoms with Crippen LogP contribution in [0.3, 0.4) is 0 Å². The third-order valence-corrected chi connectivity index (χ3v) is 7.00. The summed E-state index contributed by atoms with van der Waals surface area (Å²) in [6.45, 7) is 6.91. The largest absolute Gasteiger partial charge is 0.444 e. The van der Waals surface area contributed by atoms with E-state index in [0.717, 1.165) is 51.6 Å². The zero-order valence-electron chi connectivity index (χ0n) is 21.6. The average molecular weight is 496 g/mol. The first-order chi connectivity index (χ1) is 17.7. The molecule has 1 aromatic heterocycles. The number of carbonyl (C=O) groups excluding carboxylic acids is 2. The fraction of sp³-hybridized carbons (Fsp3) is 0.290. The number of benzene rings is 3. The fourth-order valence-electron chi connectivity index (χ4n) is 5.14. The van der Waals surface area contributed by atoms with Crippen LogP contribution in [-0.2, 0) is 4.74 Å². The molecule has 0 saturated carbocycles. The highest BCUT2D eigenvalue weighted by Gasteiger charge is 2.29. The monoisotopic (exact) mass is 495 g/mol. The predicted molar refractivity (Wildman–Crippen MR) is 147 cm³/mol. The van der Waals surface area contributed by atoms with Gasteiger partial charge in [0.25, 0.3) is 5.91 Å². The summed E-state index contributed by atoms with van der Waals surface area (Å²) in [5, 5.41) is 1.01. The summed E-state index contributed by atoms with van der Waals surface area (Å²) in [6.07, 6.45) is 3.39. The Labute approximate surface area is 217 Å². The topological polar surface area (TPSA) is 88.4 Å². The molecule has 2 heterocycles. The molecule has 6 heteroatoms. The molecule has 0 atom stereocenters. The lowest BCUT2D eigenvalue weighted by Gasteiger charge is -2.33. The van der Waals surface area contributed by atoms with E-state index in [1.165, 1.54) is 0 Å². The van der Waals surface area contributed by atoms with Crippen molar-refractivity contribution in [2.24, 2.45) is 5.73 Å². The summed E-state index contributed by atoms with van der Waals surface area (Å²) >= 11 is 0. The van der Waals surface area contributed by atoms with E-state index < -0.39 is 11.5 Å². The molecular formula is C31H33N3O3. The van der Waals surface area contributed by atoms with E-state index >= 15 is 0 Å². The molecule has 190 valence electrons. The molecule has 0 bridgehead atoms. The SMILES string of the molecule is CC(C)(C)OC(=O)N1CCC(c2c[nH]c3c(C(N)=O)cc(-c4ccc(-c5ccccc5)cc4)cc23)CC1. The van der Waals surface area contributed by atoms with Gasteiger partial charge in [-0.1, -0.05) is 54.6 Å². The second-order valence-electron chi connectivity index (χ2n) is 10.7. The van der Waals surface area contributed by atoms with E-state index in [2.05, 4.69) is 47.4 Å². The van der Waals surface area contributed by atoms with Gasteiger partial charge in [0.15, 0.2) is 0 Å². The van der Waals surface area contributed by atoms with Gasteiger partial charge in [0, 0.05) is 24.7 Å². The van der Waals surface area contributed by atoms with E-state index in [4.69, 9.17) is 10.5 Å². The number of hydrogen-bond acceptors (Lipinski definition) is 3. The number of aromatic nitrogens is 1. The highest BCUT2D eigenvalue weighted by Crippen LogP contribution is 2.37. The van der Waals surface area contributed by atoms with Crippen molar-refractivity contribution in [1.29, 1.82) is 0 Å². The molecule has 5 rings (SSSR count). The Kier molecular flexibility index (Phi) is 6.50. The molecule has 4 aromatic rings. The lowest BCUT2D eigenvalue weighted by molar-refractivity contribution is 0.0205. The number of nitrogens with zero attached hydrogens (tertiary/aromatic N) is 1. The van der Waals surface area contributed by atoms with Crippen LogP contribution in [0.15, 0.2) is 72.9 Å². The molecule has 3 aromatic carbocycles. The summed E-state index contributed by atoms with van der Waals surface area (Å²) in [5.74, 6) is -0.190. The van der Waals surface area contributed by atoms with Crippen LogP contribution in [0.1, 0.15) is 55.5 Å². The van der Waals surface area contributed by atoms with Gasteiger partial charge in [0.1, 0.15) is 5.60 Å². The summed E-state index contributed by atoms with van der Waals surface area (Å²) in [4.78, 5) is 30.0. The zero-order valence-corrected chi connectivity index (χ0v) is 21.6. The molecule has 3 N–H and O–H groups in total. The van der Waals surface area contributed by atoms with Gasteiger partial charge in [0.2, 0.25) is 0 Å². The predicted octanol–water partition coefficient (Wildman–Crippen LogP) is 6.72. The Morgan fingerprint density at radius 1 is 0.892 bits per heavy atom. The molecule has 1 saturated heterocycles. The maximum Gasteiger partial charge on any atom is 0.410 e. The molecule has 0 radical (unpaired) electrons. The highest BCUT2D eigenvalue weighted by molar-refractivity contribution is 6.07. The van der Waals surface area contributed by atoms with Gasteiger partial charge in [-0.25, -0.2) is 4.79 Å². The van der Waals surface area contributed by atoms with E-state index in [-0.39, 0.29) is 12.0 Å². The third kappa shape index (κ3) is 5.24. The number of nitrogens with one attached hydrogen (secondary N) is 1. The number of primary amides is 1. The number of piperidine rings is 1. The lowest BCUT2D eigenvalue weighted by atomic mass is 9.88. The van der Waals surface area contributed by atoms with Gasteiger partial charge in [-0.15, -0.1) is 0 Å². The van der Waals surface area contributed by atoms with Crippen LogP contribution in [0.5, 0.6) is 0 Å². The number of aromatic amines is 1. The number of rotatable bonds is 4. The molecule has 1 fully saturated rings. The minimum Gasteiger partial charge on any atom is -0.444 e. The van der Waals surface area contributed by atoms with E-state index in [9.17, 15) is 9.59 Å². The summed E-state index contributed by atoms with van der Waals surface area (Å²) in [5.41, 5.74) is 12.0. The number of amides is 2. The van der Waals surface area contributed by atoms with Crippen molar-refractivity contribution in [3.63, 3.8) is 0 Å². The van der Waals surface area contributed by atoms with Crippen molar-refractivity contribution < 1.29 is 14.3 Å². The van der Waals surface area contributed by atoms with Crippen molar-refractivity contribution in [2.75, 3.05) is 13.1 Å². The molecule has 1 aliphatic rings. The Hall–Kier alpha value is -4.06. The second-order valence-corrected chi connectivity index (χ2v) is 10.7. The highest BCUT2D eigenvalue weighted by atomic mass is 16.6. The fourth-order valence-corrected chi connectivity index (χ4v) is 5.14. The number of nitrogens with two attached hydrogens (primary N) is 1. The minimum absolute atomic E-state index is 0.262. The molecule has 0 aliphatic carbocycles. The summed E-state index contributed by atoms with van der Waals surface area (Å²) in [6, 6.07) is 22.6. The van der Waals surface area contributed by atoms with Crippen LogP contribution in [-0.4, -0.2) is 40.6 Å². The molecule has 2 amide bonds. The molecule has 0 spiro atoms. The number of carbonyl (C=O) groups is 2. The molecular weight excluding hydrogens is 462 g/mol.